The average molecular weight is 212 g/mol. The molecule has 2 N–H and O–H groups in total. The van der Waals surface area contributed by atoms with Crippen LogP contribution in [0.1, 0.15) is 29.3 Å². The molecule has 1 atom stereocenters. The standard InChI is InChI=1S/C11H14ClNO/c1-8(12)2-3-9-4-6-10(7-5-9)11(13)14/h4-8H,2-3H2,1H3,(H2,13,14). The third kappa shape index (κ3) is 3.38. The largest absolute Gasteiger partial charge is 0.366 e. The molecule has 0 fully saturated rings. The molecule has 0 aliphatic heterocycles. The molecule has 3 heteroatoms. The van der Waals surface area contributed by atoms with Gasteiger partial charge < -0.3 is 5.73 Å². The quantitative estimate of drug-likeness (QED) is 0.764. The third-order valence-corrected chi connectivity index (χ3v) is 2.29. The van der Waals surface area contributed by atoms with E-state index in [1.807, 2.05) is 19.1 Å². The minimum atomic E-state index is -0.387. The first-order valence-corrected chi connectivity index (χ1v) is 5.06. The molecule has 1 aromatic carbocycles. The fourth-order valence-electron chi connectivity index (χ4n) is 1.20. The first-order chi connectivity index (χ1) is 6.59. The van der Waals surface area contributed by atoms with Crippen LogP contribution >= 0.6 is 11.6 Å². The van der Waals surface area contributed by atoms with E-state index in [1.165, 1.54) is 5.56 Å². The summed E-state index contributed by atoms with van der Waals surface area (Å²) in [7, 11) is 0. The summed E-state index contributed by atoms with van der Waals surface area (Å²) in [4.78, 5) is 10.8. The highest BCUT2D eigenvalue weighted by Crippen LogP contribution is 2.10. The van der Waals surface area contributed by atoms with E-state index >= 15 is 0 Å². The summed E-state index contributed by atoms with van der Waals surface area (Å²) in [5, 5.41) is 0.186. The van der Waals surface area contributed by atoms with Crippen molar-refractivity contribution in [1.82, 2.24) is 0 Å². The molecule has 0 aliphatic rings. The van der Waals surface area contributed by atoms with Gasteiger partial charge in [-0.3, -0.25) is 4.79 Å². The van der Waals surface area contributed by atoms with Crippen LogP contribution in [0, 0.1) is 0 Å². The Morgan fingerprint density at radius 1 is 1.43 bits per heavy atom. The zero-order valence-corrected chi connectivity index (χ0v) is 8.92. The molecule has 0 heterocycles. The zero-order chi connectivity index (χ0) is 10.6. The molecule has 0 radical (unpaired) electrons. The van der Waals surface area contributed by atoms with Crippen LogP contribution in [0.3, 0.4) is 0 Å². The van der Waals surface area contributed by atoms with Gasteiger partial charge in [0.1, 0.15) is 0 Å². The highest BCUT2D eigenvalue weighted by atomic mass is 35.5. The molecule has 0 aromatic heterocycles. The second-order valence-electron chi connectivity index (χ2n) is 3.38. The van der Waals surface area contributed by atoms with Crippen molar-refractivity contribution >= 4 is 17.5 Å². The van der Waals surface area contributed by atoms with Crippen molar-refractivity contribution in [2.24, 2.45) is 5.73 Å². The number of benzene rings is 1. The number of hydrogen-bond donors (Lipinski definition) is 1. The Balaban J connectivity index is 2.60. The number of aryl methyl sites for hydroxylation is 1. The molecule has 0 saturated carbocycles. The maximum absolute atomic E-state index is 10.8. The van der Waals surface area contributed by atoms with Crippen molar-refractivity contribution in [2.45, 2.75) is 25.1 Å². The number of amides is 1. The Morgan fingerprint density at radius 3 is 2.43 bits per heavy atom. The number of primary amides is 1. The molecular weight excluding hydrogens is 198 g/mol. The van der Waals surface area contributed by atoms with E-state index in [9.17, 15) is 4.79 Å². The summed E-state index contributed by atoms with van der Waals surface area (Å²) in [5.41, 5.74) is 6.86. The minimum Gasteiger partial charge on any atom is -0.366 e. The maximum atomic E-state index is 10.8. The lowest BCUT2D eigenvalue weighted by Crippen LogP contribution is -2.10. The smallest absolute Gasteiger partial charge is 0.248 e. The molecule has 14 heavy (non-hydrogen) atoms. The van der Waals surface area contributed by atoms with Crippen molar-refractivity contribution in [1.29, 1.82) is 0 Å². The monoisotopic (exact) mass is 211 g/mol. The normalized spacial score (nSPS) is 12.4. The van der Waals surface area contributed by atoms with E-state index in [-0.39, 0.29) is 11.3 Å². The van der Waals surface area contributed by atoms with E-state index in [0.29, 0.717) is 5.56 Å². The number of nitrogens with two attached hydrogens (primary N) is 1. The zero-order valence-electron chi connectivity index (χ0n) is 8.16. The van der Waals surface area contributed by atoms with Crippen LogP contribution < -0.4 is 5.73 Å². The number of carbonyl (C=O) groups excluding carboxylic acids is 1. The molecule has 1 unspecified atom stereocenters. The summed E-state index contributed by atoms with van der Waals surface area (Å²) >= 11 is 5.84. The summed E-state index contributed by atoms with van der Waals surface area (Å²) in [6, 6.07) is 7.33. The molecule has 1 aromatic rings. The van der Waals surface area contributed by atoms with Crippen LogP contribution in [-0.2, 0) is 6.42 Å². The lowest BCUT2D eigenvalue weighted by atomic mass is 10.1. The number of alkyl halides is 1. The van der Waals surface area contributed by atoms with E-state index in [2.05, 4.69) is 0 Å². The molecule has 0 saturated heterocycles. The van der Waals surface area contributed by atoms with Crippen LogP contribution in [-0.4, -0.2) is 11.3 Å². The van der Waals surface area contributed by atoms with Crippen LogP contribution in [0.25, 0.3) is 0 Å². The Kier molecular flexibility index (Phi) is 3.96. The van der Waals surface area contributed by atoms with Crippen LogP contribution in [0.4, 0.5) is 0 Å². The SMILES string of the molecule is CC(Cl)CCc1ccc(C(N)=O)cc1. The maximum Gasteiger partial charge on any atom is 0.248 e. The van der Waals surface area contributed by atoms with Crippen molar-refractivity contribution in [3.8, 4) is 0 Å². The number of halogens is 1. The van der Waals surface area contributed by atoms with Gasteiger partial charge in [0.15, 0.2) is 0 Å². The highest BCUT2D eigenvalue weighted by molar-refractivity contribution is 6.20. The lowest BCUT2D eigenvalue weighted by Gasteiger charge is -2.03. The third-order valence-electron chi connectivity index (χ3n) is 2.07. The van der Waals surface area contributed by atoms with E-state index < -0.39 is 0 Å². The van der Waals surface area contributed by atoms with Gasteiger partial charge in [-0.15, -0.1) is 11.6 Å². The molecule has 2 nitrogen and oxygen atoms in total. The van der Waals surface area contributed by atoms with Gasteiger partial charge in [-0.05, 0) is 37.5 Å². The predicted octanol–water partition coefficient (Wildman–Crippen LogP) is 2.35. The van der Waals surface area contributed by atoms with Crippen molar-refractivity contribution < 1.29 is 4.79 Å². The van der Waals surface area contributed by atoms with Crippen molar-refractivity contribution in [3.05, 3.63) is 35.4 Å². The van der Waals surface area contributed by atoms with Crippen LogP contribution in [0.2, 0.25) is 0 Å². The number of rotatable bonds is 4. The van der Waals surface area contributed by atoms with Gasteiger partial charge in [-0.25, -0.2) is 0 Å². The topological polar surface area (TPSA) is 43.1 Å². The minimum absolute atomic E-state index is 0.186. The Hall–Kier alpha value is -1.02. The second-order valence-corrected chi connectivity index (χ2v) is 4.13. The first-order valence-electron chi connectivity index (χ1n) is 4.62. The van der Waals surface area contributed by atoms with Gasteiger partial charge in [-0.2, -0.15) is 0 Å². The average Bonchev–Trinajstić information content (AvgIpc) is 2.15. The Labute approximate surface area is 89.1 Å². The van der Waals surface area contributed by atoms with Crippen LogP contribution in [0.15, 0.2) is 24.3 Å². The van der Waals surface area contributed by atoms with E-state index in [1.54, 1.807) is 12.1 Å². The fraction of sp³-hybridized carbons (Fsp3) is 0.364. The molecule has 0 spiro atoms. The fourth-order valence-corrected chi connectivity index (χ4v) is 1.31. The van der Waals surface area contributed by atoms with E-state index in [4.69, 9.17) is 17.3 Å². The summed E-state index contributed by atoms with van der Waals surface area (Å²) in [6.45, 7) is 1.97. The predicted molar refractivity (Wildman–Crippen MR) is 58.6 cm³/mol. The van der Waals surface area contributed by atoms with Gasteiger partial charge in [0, 0.05) is 10.9 Å². The summed E-state index contributed by atoms with van der Waals surface area (Å²) in [6.07, 6.45) is 1.88. The van der Waals surface area contributed by atoms with Crippen molar-refractivity contribution in [2.75, 3.05) is 0 Å². The van der Waals surface area contributed by atoms with Crippen LogP contribution in [0.5, 0.6) is 0 Å². The second kappa shape index (κ2) is 5.01. The van der Waals surface area contributed by atoms with Gasteiger partial charge in [0.05, 0.1) is 0 Å². The molecular formula is C11H14ClNO. The van der Waals surface area contributed by atoms with E-state index in [0.717, 1.165) is 12.8 Å². The summed E-state index contributed by atoms with van der Waals surface area (Å²) in [5.74, 6) is -0.387. The Morgan fingerprint density at radius 2 is 2.00 bits per heavy atom. The molecule has 0 aliphatic carbocycles. The Bertz CT molecular complexity index is 306. The lowest BCUT2D eigenvalue weighted by molar-refractivity contribution is 0.100. The molecule has 1 amide bonds. The van der Waals surface area contributed by atoms with Gasteiger partial charge in [0.25, 0.3) is 0 Å². The molecule has 76 valence electrons. The van der Waals surface area contributed by atoms with Gasteiger partial charge in [-0.1, -0.05) is 12.1 Å². The van der Waals surface area contributed by atoms with Gasteiger partial charge in [0.2, 0.25) is 5.91 Å². The summed E-state index contributed by atoms with van der Waals surface area (Å²) < 4.78 is 0. The van der Waals surface area contributed by atoms with Gasteiger partial charge >= 0.3 is 0 Å². The number of hydrogen-bond acceptors (Lipinski definition) is 1. The molecule has 0 bridgehead atoms. The number of carbonyl (C=O) groups is 1. The highest BCUT2D eigenvalue weighted by Gasteiger charge is 2.01. The first kappa shape index (κ1) is 11.1. The van der Waals surface area contributed by atoms with Crippen molar-refractivity contribution in [3.63, 3.8) is 0 Å². The molecule has 1 rings (SSSR count).